The highest BCUT2D eigenvalue weighted by Crippen LogP contribution is 2.41. The van der Waals surface area contributed by atoms with Crippen molar-refractivity contribution < 1.29 is 14.7 Å². The molecule has 1 aromatic carbocycles. The summed E-state index contributed by atoms with van der Waals surface area (Å²) in [6.07, 6.45) is 0.580. The van der Waals surface area contributed by atoms with Crippen molar-refractivity contribution in [1.29, 1.82) is 0 Å². The van der Waals surface area contributed by atoms with E-state index in [0.29, 0.717) is 13.0 Å². The van der Waals surface area contributed by atoms with Gasteiger partial charge in [-0.2, -0.15) is 0 Å². The van der Waals surface area contributed by atoms with Gasteiger partial charge < -0.3 is 14.9 Å². The molecular weight excluding hydrogens is 244 g/mol. The molecule has 0 bridgehead atoms. The molecular formula is C14H16N2O3. The van der Waals surface area contributed by atoms with Crippen LogP contribution in [0.4, 0.5) is 4.79 Å². The highest BCUT2D eigenvalue weighted by atomic mass is 16.4. The lowest BCUT2D eigenvalue weighted by atomic mass is 10.1. The molecule has 5 nitrogen and oxygen atoms in total. The molecule has 100 valence electrons. The fourth-order valence-electron chi connectivity index (χ4n) is 2.80. The molecule has 0 radical (unpaired) electrons. The molecule has 2 aliphatic rings. The van der Waals surface area contributed by atoms with Gasteiger partial charge in [-0.15, -0.1) is 0 Å². The monoisotopic (exact) mass is 260 g/mol. The van der Waals surface area contributed by atoms with Crippen molar-refractivity contribution >= 4 is 12.0 Å². The molecule has 1 aliphatic heterocycles. The van der Waals surface area contributed by atoms with Gasteiger partial charge in [-0.25, -0.2) is 4.79 Å². The van der Waals surface area contributed by atoms with Crippen LogP contribution in [0.25, 0.3) is 0 Å². The topological polar surface area (TPSA) is 60.9 Å². The average Bonchev–Trinajstić information content (AvgIpc) is 3.15. The molecule has 1 aromatic rings. The number of benzene rings is 1. The zero-order chi connectivity index (χ0) is 13.6. The van der Waals surface area contributed by atoms with Gasteiger partial charge in [0.25, 0.3) is 0 Å². The third kappa shape index (κ3) is 1.95. The second kappa shape index (κ2) is 4.26. The number of likely N-dealkylation sites (N-methyl/N-ethyl adjacent to an activating group) is 1. The predicted molar refractivity (Wildman–Crippen MR) is 68.6 cm³/mol. The molecule has 5 heteroatoms. The van der Waals surface area contributed by atoms with E-state index < -0.39 is 5.97 Å². The van der Waals surface area contributed by atoms with E-state index in [1.807, 2.05) is 30.3 Å². The summed E-state index contributed by atoms with van der Waals surface area (Å²) in [7, 11) is 1.78. The van der Waals surface area contributed by atoms with Crippen LogP contribution >= 0.6 is 0 Å². The SMILES string of the molecule is CN1C(=O)N(C2CC2C(=O)O)CC1c1ccccc1. The second-order valence-electron chi connectivity index (χ2n) is 5.22. The van der Waals surface area contributed by atoms with E-state index in [-0.39, 0.29) is 24.0 Å². The first-order chi connectivity index (χ1) is 9.09. The first-order valence-corrected chi connectivity index (χ1v) is 6.41. The number of hydrogen-bond acceptors (Lipinski definition) is 2. The van der Waals surface area contributed by atoms with Crippen LogP contribution in [0.15, 0.2) is 30.3 Å². The van der Waals surface area contributed by atoms with Gasteiger partial charge in [-0.1, -0.05) is 30.3 Å². The highest BCUT2D eigenvalue weighted by Gasteiger charge is 2.52. The Morgan fingerprint density at radius 3 is 2.58 bits per heavy atom. The molecule has 3 rings (SSSR count). The van der Waals surface area contributed by atoms with E-state index in [4.69, 9.17) is 5.11 Å². The third-order valence-corrected chi connectivity index (χ3v) is 4.04. The summed E-state index contributed by atoms with van der Waals surface area (Å²) in [5, 5.41) is 8.97. The normalized spacial score (nSPS) is 29.7. The fraction of sp³-hybridized carbons (Fsp3) is 0.429. The predicted octanol–water partition coefficient (Wildman–Crippen LogP) is 1.57. The number of carbonyl (C=O) groups excluding carboxylic acids is 1. The molecule has 1 saturated carbocycles. The molecule has 19 heavy (non-hydrogen) atoms. The molecule has 3 atom stereocenters. The summed E-state index contributed by atoms with van der Waals surface area (Å²) >= 11 is 0. The Kier molecular flexibility index (Phi) is 2.69. The molecule has 0 spiro atoms. The molecule has 2 amide bonds. The van der Waals surface area contributed by atoms with Gasteiger partial charge in [0.15, 0.2) is 0 Å². The van der Waals surface area contributed by atoms with Crippen LogP contribution in [0.3, 0.4) is 0 Å². The van der Waals surface area contributed by atoms with Crippen molar-refractivity contribution in [2.24, 2.45) is 5.92 Å². The largest absolute Gasteiger partial charge is 0.481 e. The van der Waals surface area contributed by atoms with Crippen molar-refractivity contribution in [3.63, 3.8) is 0 Å². The fourth-order valence-corrected chi connectivity index (χ4v) is 2.80. The maximum absolute atomic E-state index is 12.2. The Morgan fingerprint density at radius 2 is 2.00 bits per heavy atom. The van der Waals surface area contributed by atoms with Gasteiger partial charge in [0.05, 0.1) is 12.0 Å². The zero-order valence-electron chi connectivity index (χ0n) is 10.7. The summed E-state index contributed by atoms with van der Waals surface area (Å²) in [6, 6.07) is 9.67. The van der Waals surface area contributed by atoms with Gasteiger partial charge in [-0.3, -0.25) is 4.79 Å². The summed E-state index contributed by atoms with van der Waals surface area (Å²) in [5.74, 6) is -1.18. The molecule has 1 saturated heterocycles. The number of aliphatic carboxylic acids is 1. The van der Waals surface area contributed by atoms with Gasteiger partial charge in [0.2, 0.25) is 0 Å². The lowest BCUT2D eigenvalue weighted by Crippen LogP contribution is -2.33. The minimum Gasteiger partial charge on any atom is -0.481 e. The lowest BCUT2D eigenvalue weighted by molar-refractivity contribution is -0.138. The van der Waals surface area contributed by atoms with E-state index in [1.54, 1.807) is 16.8 Å². The molecule has 3 unspecified atom stereocenters. The van der Waals surface area contributed by atoms with Crippen molar-refractivity contribution in [3.05, 3.63) is 35.9 Å². The number of nitrogens with zero attached hydrogens (tertiary/aromatic N) is 2. The van der Waals surface area contributed by atoms with Gasteiger partial charge >= 0.3 is 12.0 Å². The molecule has 1 heterocycles. The number of rotatable bonds is 3. The van der Waals surface area contributed by atoms with Crippen LogP contribution in [-0.2, 0) is 4.79 Å². The Labute approximate surface area is 111 Å². The maximum atomic E-state index is 12.2. The minimum atomic E-state index is -0.802. The summed E-state index contributed by atoms with van der Waals surface area (Å²) < 4.78 is 0. The van der Waals surface area contributed by atoms with E-state index >= 15 is 0 Å². The smallest absolute Gasteiger partial charge is 0.320 e. The van der Waals surface area contributed by atoms with Crippen molar-refractivity contribution in [1.82, 2.24) is 9.80 Å². The van der Waals surface area contributed by atoms with Crippen LogP contribution in [-0.4, -0.2) is 46.5 Å². The van der Waals surface area contributed by atoms with Crippen molar-refractivity contribution in [2.45, 2.75) is 18.5 Å². The zero-order valence-corrected chi connectivity index (χ0v) is 10.7. The number of carboxylic acid groups (broad SMARTS) is 1. The maximum Gasteiger partial charge on any atom is 0.320 e. The summed E-state index contributed by atoms with van der Waals surface area (Å²) in [6.45, 7) is 0.577. The standard InChI is InChI=1S/C14H16N2O3/c1-15-12(9-5-3-2-4-6-9)8-16(14(15)19)11-7-10(11)13(17)18/h2-6,10-12H,7-8H2,1H3,(H,17,18). The van der Waals surface area contributed by atoms with Crippen LogP contribution in [0, 0.1) is 5.92 Å². The molecule has 2 fully saturated rings. The first-order valence-electron chi connectivity index (χ1n) is 6.41. The quantitative estimate of drug-likeness (QED) is 0.897. The van der Waals surface area contributed by atoms with E-state index in [1.165, 1.54) is 0 Å². The Hall–Kier alpha value is -2.04. The minimum absolute atomic E-state index is 0.0174. The second-order valence-corrected chi connectivity index (χ2v) is 5.22. The third-order valence-electron chi connectivity index (χ3n) is 4.04. The van der Waals surface area contributed by atoms with Crippen LogP contribution in [0.1, 0.15) is 18.0 Å². The van der Waals surface area contributed by atoms with Crippen molar-refractivity contribution in [3.8, 4) is 0 Å². The molecule has 1 aliphatic carbocycles. The summed E-state index contributed by atoms with van der Waals surface area (Å²) in [4.78, 5) is 26.5. The number of urea groups is 1. The van der Waals surface area contributed by atoms with Crippen molar-refractivity contribution in [2.75, 3.05) is 13.6 Å². The highest BCUT2D eigenvalue weighted by molar-refractivity contribution is 5.81. The average molecular weight is 260 g/mol. The summed E-state index contributed by atoms with van der Waals surface area (Å²) in [5.41, 5.74) is 1.09. The van der Waals surface area contributed by atoms with Crippen LogP contribution in [0.5, 0.6) is 0 Å². The Morgan fingerprint density at radius 1 is 1.32 bits per heavy atom. The van der Waals surface area contributed by atoms with Gasteiger partial charge in [-0.05, 0) is 12.0 Å². The Balaban J connectivity index is 1.77. The van der Waals surface area contributed by atoms with E-state index in [2.05, 4.69) is 0 Å². The Bertz CT molecular complexity index is 517. The first kappa shape index (κ1) is 12.0. The van der Waals surface area contributed by atoms with Gasteiger partial charge in [0, 0.05) is 19.6 Å². The van der Waals surface area contributed by atoms with Crippen LogP contribution < -0.4 is 0 Å². The number of carbonyl (C=O) groups is 2. The van der Waals surface area contributed by atoms with E-state index in [0.717, 1.165) is 5.56 Å². The molecule has 1 N–H and O–H groups in total. The lowest BCUT2D eigenvalue weighted by Gasteiger charge is -2.17. The van der Waals surface area contributed by atoms with Crippen LogP contribution in [0.2, 0.25) is 0 Å². The van der Waals surface area contributed by atoms with E-state index in [9.17, 15) is 9.59 Å². The number of amides is 2. The molecule has 0 aromatic heterocycles. The van der Waals surface area contributed by atoms with Gasteiger partial charge in [0.1, 0.15) is 0 Å². The number of carboxylic acids is 1. The number of hydrogen-bond donors (Lipinski definition) is 1.